The predicted octanol–water partition coefficient (Wildman–Crippen LogP) is 6.08. The Balaban J connectivity index is 1.56. The number of aliphatic hydroxyl groups excluding tert-OH is 1. The van der Waals surface area contributed by atoms with Crippen LogP contribution in [0, 0.1) is 24.0 Å². The average Bonchev–Trinajstić information content (AvgIpc) is 3.48. The predicted molar refractivity (Wildman–Crippen MR) is 157 cm³/mol. The number of hydrogen-bond acceptors (Lipinski definition) is 9. The van der Waals surface area contributed by atoms with Crippen LogP contribution < -0.4 is 9.64 Å². The van der Waals surface area contributed by atoms with Gasteiger partial charge in [-0.3, -0.25) is 29.4 Å². The Kier molecular flexibility index (Phi) is 7.68. The number of carbonyl (C=O) groups excluding carboxylic acids is 3. The van der Waals surface area contributed by atoms with E-state index in [0.29, 0.717) is 22.9 Å². The molecule has 11 heteroatoms. The summed E-state index contributed by atoms with van der Waals surface area (Å²) in [5, 5.41) is 23.0. The molecule has 42 heavy (non-hydrogen) atoms. The van der Waals surface area contributed by atoms with Crippen molar-refractivity contribution in [2.45, 2.75) is 33.4 Å². The van der Waals surface area contributed by atoms with E-state index in [1.165, 1.54) is 31.2 Å². The van der Waals surface area contributed by atoms with Crippen molar-refractivity contribution in [3.63, 3.8) is 0 Å². The van der Waals surface area contributed by atoms with Crippen molar-refractivity contribution >= 4 is 45.4 Å². The van der Waals surface area contributed by atoms with E-state index in [4.69, 9.17) is 4.74 Å². The maximum absolute atomic E-state index is 13.4. The molecule has 0 radical (unpaired) electrons. The van der Waals surface area contributed by atoms with Crippen LogP contribution >= 0.6 is 11.3 Å². The molecule has 4 aromatic rings. The molecular formula is C31H25N3O7S. The van der Waals surface area contributed by atoms with Gasteiger partial charge in [0.25, 0.3) is 11.5 Å². The van der Waals surface area contributed by atoms with Gasteiger partial charge in [0.15, 0.2) is 10.9 Å². The van der Waals surface area contributed by atoms with Gasteiger partial charge in [0.05, 0.1) is 27.1 Å². The van der Waals surface area contributed by atoms with Gasteiger partial charge in [0.2, 0.25) is 0 Å². The molecule has 10 nitrogen and oxygen atoms in total. The highest BCUT2D eigenvalue weighted by atomic mass is 32.1. The summed E-state index contributed by atoms with van der Waals surface area (Å²) in [4.78, 5) is 55.6. The van der Waals surface area contributed by atoms with E-state index in [1.54, 1.807) is 31.2 Å². The first-order valence-electron chi connectivity index (χ1n) is 12.9. The van der Waals surface area contributed by atoms with Crippen LogP contribution in [0.4, 0.5) is 10.8 Å². The molecule has 5 rings (SSSR count). The summed E-state index contributed by atoms with van der Waals surface area (Å²) in [6.45, 7) is 5.30. The summed E-state index contributed by atoms with van der Waals surface area (Å²) in [6.07, 6.45) is 0. The summed E-state index contributed by atoms with van der Waals surface area (Å²) in [5.41, 5.74) is 2.43. The largest absolute Gasteiger partial charge is 0.507 e. The number of aliphatic hydroxyl groups is 1. The van der Waals surface area contributed by atoms with Crippen LogP contribution in [0.25, 0.3) is 5.76 Å². The van der Waals surface area contributed by atoms with Crippen LogP contribution in [0.2, 0.25) is 0 Å². The molecule has 1 aromatic heterocycles. The van der Waals surface area contributed by atoms with Gasteiger partial charge in [0.1, 0.15) is 18.1 Å². The number of amides is 1. The molecule has 1 saturated heterocycles. The van der Waals surface area contributed by atoms with Crippen molar-refractivity contribution in [1.82, 2.24) is 4.98 Å². The van der Waals surface area contributed by atoms with E-state index in [1.807, 2.05) is 31.2 Å². The first-order chi connectivity index (χ1) is 20.0. The fraction of sp³-hybridized carbons (Fsp3) is 0.161. The average molecular weight is 584 g/mol. The van der Waals surface area contributed by atoms with Crippen molar-refractivity contribution in [3.05, 3.63) is 121 Å². The Morgan fingerprint density at radius 1 is 1.07 bits per heavy atom. The van der Waals surface area contributed by atoms with Gasteiger partial charge in [0, 0.05) is 24.6 Å². The molecule has 3 aromatic carbocycles. The number of non-ortho nitro benzene ring substituents is 1. The Morgan fingerprint density at radius 2 is 1.79 bits per heavy atom. The van der Waals surface area contributed by atoms with E-state index in [9.17, 15) is 29.6 Å². The molecule has 0 spiro atoms. The topological polar surface area (TPSA) is 140 Å². The Morgan fingerprint density at radius 3 is 2.43 bits per heavy atom. The van der Waals surface area contributed by atoms with E-state index >= 15 is 0 Å². The second-order valence-corrected chi connectivity index (χ2v) is 10.8. The normalized spacial score (nSPS) is 16.1. The number of nitro groups is 1. The van der Waals surface area contributed by atoms with Crippen LogP contribution in [-0.2, 0) is 16.2 Å². The van der Waals surface area contributed by atoms with Crippen LogP contribution in [0.15, 0.2) is 78.4 Å². The second-order valence-electron chi connectivity index (χ2n) is 9.79. The molecule has 1 unspecified atom stereocenters. The zero-order chi connectivity index (χ0) is 30.1. The number of benzene rings is 3. The molecule has 0 bridgehead atoms. The van der Waals surface area contributed by atoms with Crippen molar-refractivity contribution in [2.24, 2.45) is 0 Å². The number of ether oxygens (including phenoxy) is 1. The first-order valence-corrected chi connectivity index (χ1v) is 13.7. The van der Waals surface area contributed by atoms with Crippen LogP contribution in [0.5, 0.6) is 5.75 Å². The van der Waals surface area contributed by atoms with Gasteiger partial charge in [-0.15, -0.1) is 0 Å². The van der Waals surface area contributed by atoms with Crippen LogP contribution in [0.3, 0.4) is 0 Å². The maximum atomic E-state index is 13.4. The number of ketones is 2. The number of aryl methyl sites for hydroxylation is 2. The highest BCUT2D eigenvalue weighted by molar-refractivity contribution is 7.18. The molecule has 1 N–H and O–H groups in total. The molecule has 2 heterocycles. The number of hydrogen-bond donors (Lipinski definition) is 1. The van der Waals surface area contributed by atoms with Crippen LogP contribution in [0.1, 0.15) is 50.6 Å². The third-order valence-electron chi connectivity index (χ3n) is 6.77. The van der Waals surface area contributed by atoms with E-state index in [-0.39, 0.29) is 33.3 Å². The highest BCUT2D eigenvalue weighted by Crippen LogP contribution is 2.44. The standard InChI is InChI=1S/C31H25N3O7S/c1-17-6-4-7-20(14-17)16-41-24-12-10-21(11-13-24)27(36)25-26(22-8-5-9-23(15-22)34(39)40)33(30(38)28(25)37)31-32-18(2)29(42-31)19(3)35/h4-15,26,36H,16H2,1-3H3. The van der Waals surface area contributed by atoms with Gasteiger partial charge in [-0.05, 0) is 49.2 Å². The quantitative estimate of drug-likeness (QED) is 0.0658. The molecule has 1 amide bonds. The minimum absolute atomic E-state index is 0.0650. The van der Waals surface area contributed by atoms with Gasteiger partial charge >= 0.3 is 5.91 Å². The third-order valence-corrected chi connectivity index (χ3v) is 8.03. The Labute approximate surface area is 244 Å². The minimum Gasteiger partial charge on any atom is -0.507 e. The molecule has 1 aliphatic rings. The van der Waals surface area contributed by atoms with Gasteiger partial charge in [-0.2, -0.15) is 0 Å². The summed E-state index contributed by atoms with van der Waals surface area (Å²) >= 11 is 0.933. The number of carbonyl (C=O) groups is 3. The number of anilines is 1. The maximum Gasteiger partial charge on any atom is 0.301 e. The molecule has 212 valence electrons. The van der Waals surface area contributed by atoms with Gasteiger partial charge in [-0.1, -0.05) is 53.3 Å². The fourth-order valence-corrected chi connectivity index (χ4v) is 5.79. The molecule has 1 fully saturated rings. The number of Topliss-reactive ketones (excluding diaryl/α,β-unsaturated/α-hetero) is 2. The lowest BCUT2D eigenvalue weighted by atomic mass is 9.95. The van der Waals surface area contributed by atoms with E-state index in [0.717, 1.165) is 27.4 Å². The monoisotopic (exact) mass is 583 g/mol. The summed E-state index contributed by atoms with van der Waals surface area (Å²) in [5.74, 6) is -2.16. The van der Waals surface area contributed by atoms with Crippen molar-refractivity contribution in [3.8, 4) is 5.75 Å². The fourth-order valence-electron chi connectivity index (χ4n) is 4.80. The number of thiazole rings is 1. The summed E-state index contributed by atoms with van der Waals surface area (Å²) in [7, 11) is 0. The number of nitro benzene ring substituents is 1. The zero-order valence-corrected chi connectivity index (χ0v) is 23.7. The van der Waals surface area contributed by atoms with E-state index in [2.05, 4.69) is 4.98 Å². The first kappa shape index (κ1) is 28.4. The van der Waals surface area contributed by atoms with E-state index < -0.39 is 28.4 Å². The minimum atomic E-state index is -1.23. The molecule has 1 atom stereocenters. The zero-order valence-electron chi connectivity index (χ0n) is 22.9. The smallest absolute Gasteiger partial charge is 0.301 e. The van der Waals surface area contributed by atoms with Gasteiger partial charge in [-0.25, -0.2) is 4.98 Å². The lowest BCUT2D eigenvalue weighted by Gasteiger charge is -2.22. The lowest BCUT2D eigenvalue weighted by Crippen LogP contribution is -2.29. The Bertz CT molecular complexity index is 1780. The number of nitrogens with zero attached hydrogens (tertiary/aromatic N) is 3. The van der Waals surface area contributed by atoms with Crippen LogP contribution in [-0.4, -0.2) is 32.5 Å². The number of aromatic nitrogens is 1. The van der Waals surface area contributed by atoms with Crippen molar-refractivity contribution in [1.29, 1.82) is 0 Å². The number of rotatable bonds is 8. The van der Waals surface area contributed by atoms with Gasteiger partial charge < -0.3 is 9.84 Å². The molecule has 1 aliphatic heterocycles. The molecule has 0 aliphatic carbocycles. The SMILES string of the molecule is CC(=O)c1sc(N2C(=O)C(=O)C(=C(O)c3ccc(OCc4cccc(C)c4)cc3)C2c2cccc([N+](=O)[O-])c2)nc1C. The van der Waals surface area contributed by atoms with Crippen molar-refractivity contribution in [2.75, 3.05) is 4.90 Å². The third kappa shape index (κ3) is 5.41. The second kappa shape index (κ2) is 11.4. The Hall–Kier alpha value is -5.16. The lowest BCUT2D eigenvalue weighted by molar-refractivity contribution is -0.384. The molecule has 0 saturated carbocycles. The summed E-state index contributed by atoms with van der Waals surface area (Å²) < 4.78 is 5.85. The summed E-state index contributed by atoms with van der Waals surface area (Å²) in [6, 6.07) is 18.5. The highest BCUT2D eigenvalue weighted by Gasteiger charge is 2.48. The molecular weight excluding hydrogens is 558 g/mol. The van der Waals surface area contributed by atoms with Crippen molar-refractivity contribution < 1.29 is 29.2 Å².